The third kappa shape index (κ3) is 2.72. The van der Waals surface area contributed by atoms with Gasteiger partial charge in [0.15, 0.2) is 0 Å². The quantitative estimate of drug-likeness (QED) is 0.885. The van der Waals surface area contributed by atoms with E-state index in [-0.39, 0.29) is 5.91 Å². The average molecular weight is 246 g/mol. The van der Waals surface area contributed by atoms with Crippen LogP contribution < -0.4 is 10.2 Å². The molecule has 0 aromatic heterocycles. The lowest BCUT2D eigenvalue weighted by Gasteiger charge is -2.18. The van der Waals surface area contributed by atoms with Crippen LogP contribution in [0.1, 0.15) is 38.7 Å². The van der Waals surface area contributed by atoms with Crippen molar-refractivity contribution in [2.75, 3.05) is 18.0 Å². The van der Waals surface area contributed by atoms with Crippen LogP contribution in [0.25, 0.3) is 0 Å². The van der Waals surface area contributed by atoms with Crippen molar-refractivity contribution < 1.29 is 4.79 Å². The zero-order chi connectivity index (χ0) is 13.1. The first-order valence-electron chi connectivity index (χ1n) is 6.75. The molecular weight excluding hydrogens is 224 g/mol. The molecule has 1 unspecified atom stereocenters. The van der Waals surface area contributed by atoms with E-state index in [1.54, 1.807) is 0 Å². The molecule has 0 spiro atoms. The number of carbonyl (C=O) groups is 1. The summed E-state index contributed by atoms with van der Waals surface area (Å²) in [6.07, 6.45) is 0.611. The van der Waals surface area contributed by atoms with Gasteiger partial charge in [0.2, 0.25) is 5.91 Å². The van der Waals surface area contributed by atoms with Crippen molar-refractivity contribution in [1.29, 1.82) is 0 Å². The molecule has 18 heavy (non-hydrogen) atoms. The van der Waals surface area contributed by atoms with E-state index in [0.717, 1.165) is 18.8 Å². The van der Waals surface area contributed by atoms with Crippen LogP contribution in [-0.4, -0.2) is 25.0 Å². The van der Waals surface area contributed by atoms with Crippen molar-refractivity contribution in [1.82, 2.24) is 5.32 Å². The summed E-state index contributed by atoms with van der Waals surface area (Å²) >= 11 is 0. The molecule has 1 aromatic rings. The molecule has 2 rings (SSSR count). The van der Waals surface area contributed by atoms with Gasteiger partial charge < -0.3 is 10.2 Å². The molecule has 1 N–H and O–H groups in total. The molecule has 1 atom stereocenters. The molecule has 0 bridgehead atoms. The summed E-state index contributed by atoms with van der Waals surface area (Å²) < 4.78 is 0. The molecule has 1 saturated heterocycles. The fourth-order valence-corrected chi connectivity index (χ4v) is 2.42. The molecule has 1 amide bonds. The summed E-state index contributed by atoms with van der Waals surface area (Å²) in [7, 11) is 0. The Bertz CT molecular complexity index is 411. The SMILES string of the molecule is CCNC1CC(=O)N(c2ccc(C(C)C)cc2)C1. The zero-order valence-electron chi connectivity index (χ0n) is 11.4. The van der Waals surface area contributed by atoms with Gasteiger partial charge in [-0.3, -0.25) is 4.79 Å². The number of carbonyl (C=O) groups excluding carboxylic acids is 1. The number of benzene rings is 1. The van der Waals surface area contributed by atoms with E-state index < -0.39 is 0 Å². The van der Waals surface area contributed by atoms with Gasteiger partial charge in [-0.1, -0.05) is 32.9 Å². The summed E-state index contributed by atoms with van der Waals surface area (Å²) in [6.45, 7) is 8.13. The molecule has 1 aliphatic rings. The number of hydrogen-bond acceptors (Lipinski definition) is 2. The molecule has 1 heterocycles. The van der Waals surface area contributed by atoms with Gasteiger partial charge >= 0.3 is 0 Å². The zero-order valence-corrected chi connectivity index (χ0v) is 11.4. The van der Waals surface area contributed by atoms with E-state index in [4.69, 9.17) is 0 Å². The van der Waals surface area contributed by atoms with Crippen molar-refractivity contribution in [2.24, 2.45) is 0 Å². The van der Waals surface area contributed by atoms with Crippen molar-refractivity contribution in [3.05, 3.63) is 29.8 Å². The second-order valence-corrected chi connectivity index (χ2v) is 5.21. The van der Waals surface area contributed by atoms with Gasteiger partial charge in [-0.25, -0.2) is 0 Å². The Morgan fingerprint density at radius 2 is 2.00 bits per heavy atom. The highest BCUT2D eigenvalue weighted by molar-refractivity contribution is 5.96. The van der Waals surface area contributed by atoms with Gasteiger partial charge in [-0.05, 0) is 30.2 Å². The smallest absolute Gasteiger partial charge is 0.228 e. The minimum atomic E-state index is 0.221. The van der Waals surface area contributed by atoms with Crippen LogP contribution in [-0.2, 0) is 4.79 Å². The largest absolute Gasteiger partial charge is 0.312 e. The van der Waals surface area contributed by atoms with E-state index in [9.17, 15) is 4.79 Å². The normalized spacial score (nSPS) is 19.9. The molecule has 1 aliphatic heterocycles. The van der Waals surface area contributed by atoms with Gasteiger partial charge in [0.25, 0.3) is 0 Å². The first kappa shape index (κ1) is 13.1. The molecular formula is C15H22N2O. The predicted octanol–water partition coefficient (Wildman–Crippen LogP) is 2.52. The van der Waals surface area contributed by atoms with Gasteiger partial charge in [-0.2, -0.15) is 0 Å². The Morgan fingerprint density at radius 1 is 1.33 bits per heavy atom. The summed E-state index contributed by atoms with van der Waals surface area (Å²) in [5, 5.41) is 3.34. The molecule has 1 aromatic carbocycles. The second-order valence-electron chi connectivity index (χ2n) is 5.21. The van der Waals surface area contributed by atoms with E-state index in [0.29, 0.717) is 18.4 Å². The fraction of sp³-hybridized carbons (Fsp3) is 0.533. The maximum Gasteiger partial charge on any atom is 0.228 e. The summed E-state index contributed by atoms with van der Waals surface area (Å²) in [5.74, 6) is 0.751. The third-order valence-electron chi connectivity index (χ3n) is 3.49. The Hall–Kier alpha value is -1.35. The maximum atomic E-state index is 12.0. The van der Waals surface area contributed by atoms with Crippen LogP contribution in [0.5, 0.6) is 0 Å². The molecule has 1 fully saturated rings. The third-order valence-corrected chi connectivity index (χ3v) is 3.49. The monoisotopic (exact) mass is 246 g/mol. The minimum absolute atomic E-state index is 0.221. The second kappa shape index (κ2) is 5.53. The van der Waals surface area contributed by atoms with Gasteiger partial charge in [0.05, 0.1) is 0 Å². The van der Waals surface area contributed by atoms with Gasteiger partial charge in [-0.15, -0.1) is 0 Å². The number of nitrogens with one attached hydrogen (secondary N) is 1. The van der Waals surface area contributed by atoms with Crippen LogP contribution in [0.4, 0.5) is 5.69 Å². The molecule has 98 valence electrons. The van der Waals surface area contributed by atoms with E-state index in [1.165, 1.54) is 5.56 Å². The Kier molecular flexibility index (Phi) is 4.02. The number of anilines is 1. The lowest BCUT2D eigenvalue weighted by Crippen LogP contribution is -2.32. The molecule has 0 aliphatic carbocycles. The van der Waals surface area contributed by atoms with Crippen LogP contribution in [0.15, 0.2) is 24.3 Å². The van der Waals surface area contributed by atoms with Crippen LogP contribution >= 0.6 is 0 Å². The molecule has 0 radical (unpaired) electrons. The van der Waals surface area contributed by atoms with Crippen LogP contribution in [0, 0.1) is 0 Å². The first-order chi connectivity index (χ1) is 8.61. The van der Waals surface area contributed by atoms with E-state index >= 15 is 0 Å². The first-order valence-corrected chi connectivity index (χ1v) is 6.75. The molecule has 0 saturated carbocycles. The topological polar surface area (TPSA) is 32.3 Å². The van der Waals surface area contributed by atoms with E-state index in [1.807, 2.05) is 4.90 Å². The Morgan fingerprint density at radius 3 is 2.56 bits per heavy atom. The number of likely N-dealkylation sites (N-methyl/N-ethyl adjacent to an activating group) is 1. The average Bonchev–Trinajstić information content (AvgIpc) is 2.71. The van der Waals surface area contributed by atoms with Crippen LogP contribution in [0.2, 0.25) is 0 Å². The van der Waals surface area contributed by atoms with Crippen molar-refractivity contribution in [3.8, 4) is 0 Å². The number of hydrogen-bond donors (Lipinski definition) is 1. The fourth-order valence-electron chi connectivity index (χ4n) is 2.42. The van der Waals surface area contributed by atoms with Crippen LogP contribution in [0.3, 0.4) is 0 Å². The van der Waals surface area contributed by atoms with E-state index in [2.05, 4.69) is 50.4 Å². The molecule has 3 heteroatoms. The maximum absolute atomic E-state index is 12.0. The summed E-state index contributed by atoms with van der Waals surface area (Å²) in [4.78, 5) is 13.9. The Balaban J connectivity index is 2.09. The summed E-state index contributed by atoms with van der Waals surface area (Å²) in [5.41, 5.74) is 2.33. The van der Waals surface area contributed by atoms with Crippen molar-refractivity contribution in [2.45, 2.75) is 39.2 Å². The number of nitrogens with zero attached hydrogens (tertiary/aromatic N) is 1. The summed E-state index contributed by atoms with van der Waals surface area (Å²) in [6, 6.07) is 8.65. The molecule has 3 nitrogen and oxygen atoms in total. The number of rotatable bonds is 4. The highest BCUT2D eigenvalue weighted by Crippen LogP contribution is 2.24. The predicted molar refractivity (Wildman–Crippen MR) is 75.0 cm³/mol. The number of amides is 1. The van der Waals surface area contributed by atoms with Crippen molar-refractivity contribution in [3.63, 3.8) is 0 Å². The highest BCUT2D eigenvalue weighted by Gasteiger charge is 2.29. The standard InChI is InChI=1S/C15H22N2O/c1-4-16-13-9-15(18)17(10-13)14-7-5-12(6-8-14)11(2)3/h5-8,11,13,16H,4,9-10H2,1-3H3. The minimum Gasteiger partial charge on any atom is -0.312 e. The van der Waals surface area contributed by atoms with Gasteiger partial charge in [0.1, 0.15) is 0 Å². The van der Waals surface area contributed by atoms with Crippen molar-refractivity contribution >= 4 is 11.6 Å². The lowest BCUT2D eigenvalue weighted by molar-refractivity contribution is -0.117. The Labute approximate surface area is 109 Å². The lowest BCUT2D eigenvalue weighted by atomic mass is 10.0. The highest BCUT2D eigenvalue weighted by atomic mass is 16.2. The van der Waals surface area contributed by atoms with Gasteiger partial charge in [0, 0.05) is 24.7 Å².